The van der Waals surface area contributed by atoms with Crippen molar-refractivity contribution in [3.63, 3.8) is 0 Å². The van der Waals surface area contributed by atoms with Crippen molar-refractivity contribution < 1.29 is 8.81 Å². The SMILES string of the molecule is Fc1cc(I)ccc1Nc1cnccc1-c1nnc(NCCN2CCCC2)o1. The summed E-state index contributed by atoms with van der Waals surface area (Å²) in [7, 11) is 0. The van der Waals surface area contributed by atoms with Crippen molar-refractivity contribution >= 4 is 40.0 Å². The van der Waals surface area contributed by atoms with Gasteiger partial charge in [0, 0.05) is 22.9 Å². The number of halogens is 2. The van der Waals surface area contributed by atoms with Crippen molar-refractivity contribution in [3.05, 3.63) is 46.0 Å². The minimum atomic E-state index is -0.337. The van der Waals surface area contributed by atoms with Crippen molar-refractivity contribution in [1.29, 1.82) is 0 Å². The number of rotatable bonds is 7. The van der Waals surface area contributed by atoms with Gasteiger partial charge in [0.25, 0.3) is 5.89 Å². The van der Waals surface area contributed by atoms with Gasteiger partial charge in [-0.1, -0.05) is 5.10 Å². The van der Waals surface area contributed by atoms with E-state index in [-0.39, 0.29) is 5.82 Å². The summed E-state index contributed by atoms with van der Waals surface area (Å²) in [6, 6.07) is 7.12. The molecule has 7 nitrogen and oxygen atoms in total. The van der Waals surface area contributed by atoms with E-state index in [1.54, 1.807) is 24.5 Å². The summed E-state index contributed by atoms with van der Waals surface area (Å²) in [4.78, 5) is 6.52. The number of likely N-dealkylation sites (tertiary alicyclic amines) is 1. The van der Waals surface area contributed by atoms with Crippen molar-refractivity contribution in [2.24, 2.45) is 0 Å². The Bertz CT molecular complexity index is 944. The van der Waals surface area contributed by atoms with E-state index in [1.165, 1.54) is 18.9 Å². The third kappa shape index (κ3) is 4.58. The summed E-state index contributed by atoms with van der Waals surface area (Å²) in [5, 5.41) is 14.4. The molecule has 1 aliphatic heterocycles. The van der Waals surface area contributed by atoms with E-state index in [2.05, 4.69) is 53.3 Å². The zero-order valence-corrected chi connectivity index (χ0v) is 17.3. The molecule has 0 aliphatic carbocycles. The van der Waals surface area contributed by atoms with Crippen LogP contribution in [-0.4, -0.2) is 46.3 Å². The second-order valence-corrected chi connectivity index (χ2v) is 7.80. The fraction of sp³-hybridized carbons (Fsp3) is 0.316. The number of nitrogens with zero attached hydrogens (tertiary/aromatic N) is 4. The van der Waals surface area contributed by atoms with Gasteiger partial charge in [-0.25, -0.2) is 4.39 Å². The van der Waals surface area contributed by atoms with Gasteiger partial charge < -0.3 is 20.0 Å². The van der Waals surface area contributed by atoms with E-state index in [4.69, 9.17) is 4.42 Å². The highest BCUT2D eigenvalue weighted by atomic mass is 127. The van der Waals surface area contributed by atoms with Crippen LogP contribution in [0.2, 0.25) is 0 Å². The summed E-state index contributed by atoms with van der Waals surface area (Å²) >= 11 is 2.07. The van der Waals surface area contributed by atoms with Crippen LogP contribution in [0.4, 0.5) is 21.8 Å². The number of hydrogen-bond donors (Lipinski definition) is 2. The number of aromatic nitrogens is 3. The second-order valence-electron chi connectivity index (χ2n) is 6.56. The molecule has 1 fully saturated rings. The number of benzene rings is 1. The lowest BCUT2D eigenvalue weighted by molar-refractivity contribution is 0.351. The number of pyridine rings is 1. The molecule has 0 amide bonds. The molecular formula is C19H20FIN6O. The molecule has 1 aliphatic rings. The van der Waals surface area contributed by atoms with Crippen LogP contribution in [-0.2, 0) is 0 Å². The predicted molar refractivity (Wildman–Crippen MR) is 114 cm³/mol. The van der Waals surface area contributed by atoms with Crippen molar-refractivity contribution in [3.8, 4) is 11.5 Å². The lowest BCUT2D eigenvalue weighted by Crippen LogP contribution is -2.25. The smallest absolute Gasteiger partial charge is 0.315 e. The maximum absolute atomic E-state index is 14.2. The molecule has 0 unspecified atom stereocenters. The molecule has 0 radical (unpaired) electrons. The van der Waals surface area contributed by atoms with E-state index in [0.717, 1.165) is 29.7 Å². The molecule has 0 spiro atoms. The van der Waals surface area contributed by atoms with E-state index >= 15 is 0 Å². The van der Waals surface area contributed by atoms with E-state index in [0.29, 0.717) is 28.8 Å². The van der Waals surface area contributed by atoms with Crippen LogP contribution in [0.5, 0.6) is 0 Å². The first-order valence-electron chi connectivity index (χ1n) is 9.15. The highest BCUT2D eigenvalue weighted by Crippen LogP contribution is 2.30. The number of hydrogen-bond acceptors (Lipinski definition) is 7. The standard InChI is InChI=1S/C19H20FIN6O/c20-15-11-13(21)3-4-16(15)24-17-12-22-6-5-14(17)18-25-26-19(28-18)23-7-10-27-8-1-2-9-27/h3-6,11-12,24H,1-2,7-10H2,(H,23,26). The molecule has 4 rings (SSSR count). The average molecular weight is 494 g/mol. The van der Waals surface area contributed by atoms with Crippen molar-refractivity contribution in [2.45, 2.75) is 12.8 Å². The molecule has 9 heteroatoms. The number of nitrogens with one attached hydrogen (secondary N) is 2. The molecule has 0 bridgehead atoms. The van der Waals surface area contributed by atoms with Gasteiger partial charge in [-0.05, 0) is 72.8 Å². The van der Waals surface area contributed by atoms with Crippen LogP contribution in [0.1, 0.15) is 12.8 Å². The molecule has 146 valence electrons. The molecule has 1 saturated heterocycles. The first-order valence-corrected chi connectivity index (χ1v) is 10.2. The Morgan fingerprint density at radius 1 is 1.14 bits per heavy atom. The van der Waals surface area contributed by atoms with Crippen molar-refractivity contribution in [1.82, 2.24) is 20.1 Å². The molecule has 1 aromatic carbocycles. The zero-order chi connectivity index (χ0) is 19.3. The first-order chi connectivity index (χ1) is 13.7. The monoisotopic (exact) mass is 494 g/mol. The maximum Gasteiger partial charge on any atom is 0.315 e. The van der Waals surface area contributed by atoms with Gasteiger partial charge in [-0.15, -0.1) is 5.10 Å². The van der Waals surface area contributed by atoms with Gasteiger partial charge in [0.05, 0.1) is 23.1 Å². The molecule has 2 aromatic heterocycles. The summed E-state index contributed by atoms with van der Waals surface area (Å²) < 4.78 is 20.8. The minimum Gasteiger partial charge on any atom is -0.403 e. The van der Waals surface area contributed by atoms with Crippen molar-refractivity contribution in [2.75, 3.05) is 36.8 Å². The quantitative estimate of drug-likeness (QED) is 0.479. The summed E-state index contributed by atoms with van der Waals surface area (Å²) in [6.07, 6.45) is 5.78. The third-order valence-corrected chi connectivity index (χ3v) is 5.25. The average Bonchev–Trinajstić information content (AvgIpc) is 3.37. The van der Waals surface area contributed by atoms with Crippen LogP contribution in [0, 0.1) is 9.39 Å². The molecule has 2 N–H and O–H groups in total. The Morgan fingerprint density at radius 3 is 2.82 bits per heavy atom. The fourth-order valence-electron chi connectivity index (χ4n) is 3.15. The normalized spacial score (nSPS) is 14.4. The van der Waals surface area contributed by atoms with E-state index < -0.39 is 0 Å². The first kappa shape index (κ1) is 19.1. The van der Waals surface area contributed by atoms with Crippen LogP contribution < -0.4 is 10.6 Å². The zero-order valence-electron chi connectivity index (χ0n) is 15.2. The molecule has 0 atom stereocenters. The van der Waals surface area contributed by atoms with Gasteiger partial charge in [0.15, 0.2) is 0 Å². The summed E-state index contributed by atoms with van der Waals surface area (Å²) in [5.41, 5.74) is 1.61. The summed E-state index contributed by atoms with van der Waals surface area (Å²) in [5.74, 6) is 0.0102. The predicted octanol–water partition coefficient (Wildman–Crippen LogP) is 4.13. The Balaban J connectivity index is 1.46. The van der Waals surface area contributed by atoms with Gasteiger partial charge in [0.1, 0.15) is 5.82 Å². The van der Waals surface area contributed by atoms with Gasteiger partial charge >= 0.3 is 6.01 Å². The minimum absolute atomic E-state index is 0.337. The Morgan fingerprint density at radius 2 is 2.00 bits per heavy atom. The molecule has 28 heavy (non-hydrogen) atoms. The maximum atomic E-state index is 14.2. The van der Waals surface area contributed by atoms with E-state index in [1.807, 2.05) is 6.07 Å². The Kier molecular flexibility index (Phi) is 6.01. The Hall–Kier alpha value is -2.27. The molecule has 3 heterocycles. The van der Waals surface area contributed by atoms with Crippen LogP contribution in [0.15, 0.2) is 41.1 Å². The fourth-order valence-corrected chi connectivity index (χ4v) is 3.60. The molecule has 0 saturated carbocycles. The van der Waals surface area contributed by atoms with Crippen LogP contribution in [0.25, 0.3) is 11.5 Å². The lowest BCUT2D eigenvalue weighted by atomic mass is 10.2. The van der Waals surface area contributed by atoms with Gasteiger partial charge in [0.2, 0.25) is 0 Å². The highest BCUT2D eigenvalue weighted by Gasteiger charge is 2.15. The molecular weight excluding hydrogens is 474 g/mol. The topological polar surface area (TPSA) is 79.1 Å². The largest absolute Gasteiger partial charge is 0.403 e. The molecule has 3 aromatic rings. The third-order valence-electron chi connectivity index (χ3n) is 4.58. The lowest BCUT2D eigenvalue weighted by Gasteiger charge is -2.13. The number of anilines is 3. The van der Waals surface area contributed by atoms with Crippen LogP contribution in [0.3, 0.4) is 0 Å². The Labute approximate surface area is 175 Å². The summed E-state index contributed by atoms with van der Waals surface area (Å²) in [6.45, 7) is 4.00. The van der Waals surface area contributed by atoms with Crippen LogP contribution >= 0.6 is 22.6 Å². The van der Waals surface area contributed by atoms with Gasteiger partial charge in [-0.2, -0.15) is 0 Å². The highest BCUT2D eigenvalue weighted by molar-refractivity contribution is 14.1. The van der Waals surface area contributed by atoms with E-state index in [9.17, 15) is 4.39 Å². The van der Waals surface area contributed by atoms with Gasteiger partial charge in [-0.3, -0.25) is 4.98 Å². The second kappa shape index (κ2) is 8.82.